The maximum Gasteiger partial charge on any atom is 0.245 e. The minimum atomic E-state index is -0.177. The van der Waals surface area contributed by atoms with Crippen molar-refractivity contribution in [2.45, 2.75) is 32.4 Å². The van der Waals surface area contributed by atoms with Crippen molar-refractivity contribution >= 4 is 5.91 Å². The van der Waals surface area contributed by atoms with Crippen molar-refractivity contribution in [1.29, 1.82) is 0 Å². The van der Waals surface area contributed by atoms with Gasteiger partial charge >= 0.3 is 0 Å². The number of ether oxygens (including phenoxy) is 1. The minimum Gasteiger partial charge on any atom is -0.379 e. The maximum absolute atomic E-state index is 12.8. The Kier molecular flexibility index (Phi) is 4.78. The third-order valence-electron chi connectivity index (χ3n) is 5.09. The summed E-state index contributed by atoms with van der Waals surface area (Å²) in [6, 6.07) is 0.302. The molecule has 3 atom stereocenters. The predicted molar refractivity (Wildman–Crippen MR) is 83.5 cm³/mol. The molecule has 2 fully saturated rings. The summed E-state index contributed by atoms with van der Waals surface area (Å²) in [5, 5.41) is 0. The predicted octanol–water partition coefficient (Wildman–Crippen LogP) is 1.01. The molecule has 2 aliphatic rings. The van der Waals surface area contributed by atoms with Crippen LogP contribution in [0.15, 0.2) is 18.7 Å². The highest BCUT2D eigenvalue weighted by molar-refractivity contribution is 5.80. The highest BCUT2D eigenvalue weighted by Gasteiger charge is 2.39. The number of nitrogens with zero attached hydrogens (tertiary/aromatic N) is 4. The van der Waals surface area contributed by atoms with Crippen LogP contribution in [-0.2, 0) is 9.53 Å². The summed E-state index contributed by atoms with van der Waals surface area (Å²) < 4.78 is 7.34. The van der Waals surface area contributed by atoms with E-state index in [9.17, 15) is 4.79 Å². The van der Waals surface area contributed by atoms with Gasteiger partial charge in [-0.2, -0.15) is 0 Å². The van der Waals surface area contributed by atoms with Crippen LogP contribution in [0.5, 0.6) is 0 Å². The molecule has 0 N–H and O–H groups in total. The molecule has 3 heterocycles. The summed E-state index contributed by atoms with van der Waals surface area (Å²) in [5.74, 6) is 0.768. The molecule has 2 saturated heterocycles. The van der Waals surface area contributed by atoms with E-state index in [2.05, 4.69) is 16.8 Å². The molecule has 0 bridgehead atoms. The van der Waals surface area contributed by atoms with Gasteiger partial charge in [-0.15, -0.1) is 0 Å². The van der Waals surface area contributed by atoms with E-state index in [1.54, 1.807) is 12.5 Å². The fourth-order valence-electron chi connectivity index (χ4n) is 3.65. The molecule has 1 aromatic heterocycles. The van der Waals surface area contributed by atoms with E-state index in [0.717, 1.165) is 45.8 Å². The average Bonchev–Trinajstić information content (AvgIpc) is 3.23. The fraction of sp³-hybridized carbons (Fsp3) is 0.750. The van der Waals surface area contributed by atoms with Crippen LogP contribution in [-0.4, -0.2) is 70.7 Å². The first-order valence-corrected chi connectivity index (χ1v) is 8.28. The van der Waals surface area contributed by atoms with E-state index in [1.165, 1.54) is 0 Å². The van der Waals surface area contributed by atoms with Crippen molar-refractivity contribution in [3.8, 4) is 0 Å². The Balaban J connectivity index is 1.66. The number of carbonyl (C=O) groups excluding carboxylic acids is 1. The second-order valence-corrected chi connectivity index (χ2v) is 6.31. The first kappa shape index (κ1) is 15.5. The molecule has 0 radical (unpaired) electrons. The summed E-state index contributed by atoms with van der Waals surface area (Å²) in [6.45, 7) is 9.49. The van der Waals surface area contributed by atoms with E-state index in [-0.39, 0.29) is 11.9 Å². The molecule has 6 nitrogen and oxygen atoms in total. The molecular formula is C16H26N4O2. The van der Waals surface area contributed by atoms with Gasteiger partial charge in [-0.1, -0.05) is 13.3 Å². The van der Waals surface area contributed by atoms with Gasteiger partial charge in [-0.05, 0) is 12.8 Å². The SMILES string of the molecule is CC[C@@H]1CN(C(=O)[C@H](C)n2ccnc2)C[C@H]1N1CCOCC1. The van der Waals surface area contributed by atoms with Gasteiger partial charge in [0.1, 0.15) is 6.04 Å². The lowest BCUT2D eigenvalue weighted by Crippen LogP contribution is -2.47. The van der Waals surface area contributed by atoms with Gasteiger partial charge in [-0.3, -0.25) is 9.69 Å². The van der Waals surface area contributed by atoms with Crippen LogP contribution >= 0.6 is 0 Å². The van der Waals surface area contributed by atoms with Crippen LogP contribution in [0.3, 0.4) is 0 Å². The number of likely N-dealkylation sites (tertiary alicyclic amines) is 1. The number of carbonyl (C=O) groups is 1. The van der Waals surface area contributed by atoms with Gasteiger partial charge in [0.2, 0.25) is 5.91 Å². The summed E-state index contributed by atoms with van der Waals surface area (Å²) in [5.41, 5.74) is 0. The van der Waals surface area contributed by atoms with E-state index in [0.29, 0.717) is 12.0 Å². The molecule has 0 unspecified atom stereocenters. The smallest absolute Gasteiger partial charge is 0.245 e. The molecular weight excluding hydrogens is 280 g/mol. The lowest BCUT2D eigenvalue weighted by atomic mass is 9.99. The molecule has 122 valence electrons. The molecule has 0 aromatic carbocycles. The van der Waals surface area contributed by atoms with Crippen LogP contribution in [0.1, 0.15) is 26.3 Å². The second kappa shape index (κ2) is 6.79. The van der Waals surface area contributed by atoms with E-state index >= 15 is 0 Å². The molecule has 0 aliphatic carbocycles. The number of rotatable bonds is 4. The zero-order valence-corrected chi connectivity index (χ0v) is 13.5. The zero-order valence-electron chi connectivity index (χ0n) is 13.5. The van der Waals surface area contributed by atoms with Crippen molar-refractivity contribution < 1.29 is 9.53 Å². The number of imidazole rings is 1. The second-order valence-electron chi connectivity index (χ2n) is 6.31. The molecule has 22 heavy (non-hydrogen) atoms. The summed E-state index contributed by atoms with van der Waals surface area (Å²) in [4.78, 5) is 21.4. The van der Waals surface area contributed by atoms with Gasteiger partial charge in [0, 0.05) is 44.6 Å². The van der Waals surface area contributed by atoms with Crippen molar-refractivity contribution in [1.82, 2.24) is 19.4 Å². The molecule has 1 amide bonds. The standard InChI is InChI=1S/C16H26N4O2/c1-3-14-10-20(11-15(14)18-6-8-22-9-7-18)16(21)13(2)19-5-4-17-12-19/h4-5,12-15H,3,6-11H2,1-2H3/t13-,14+,15+/m0/s1. The Morgan fingerprint density at radius 2 is 2.14 bits per heavy atom. The van der Waals surface area contributed by atoms with Gasteiger partial charge in [0.05, 0.1) is 19.5 Å². The van der Waals surface area contributed by atoms with E-state index in [1.807, 2.05) is 22.6 Å². The number of amides is 1. The van der Waals surface area contributed by atoms with Crippen LogP contribution in [0.4, 0.5) is 0 Å². The Labute approximate surface area is 132 Å². The molecule has 2 aliphatic heterocycles. The number of hydrogen-bond acceptors (Lipinski definition) is 4. The third kappa shape index (κ3) is 3.03. The number of aromatic nitrogens is 2. The number of morpholine rings is 1. The van der Waals surface area contributed by atoms with Gasteiger partial charge in [0.15, 0.2) is 0 Å². The first-order chi connectivity index (χ1) is 10.7. The zero-order chi connectivity index (χ0) is 15.5. The van der Waals surface area contributed by atoms with Gasteiger partial charge < -0.3 is 14.2 Å². The Morgan fingerprint density at radius 3 is 2.77 bits per heavy atom. The van der Waals surface area contributed by atoms with Gasteiger partial charge in [0.25, 0.3) is 0 Å². The Bertz CT molecular complexity index is 484. The van der Waals surface area contributed by atoms with Crippen molar-refractivity contribution in [2.24, 2.45) is 5.92 Å². The number of hydrogen-bond donors (Lipinski definition) is 0. The minimum absolute atomic E-state index is 0.177. The molecule has 0 saturated carbocycles. The molecule has 1 aromatic rings. The lowest BCUT2D eigenvalue weighted by Gasteiger charge is -2.34. The van der Waals surface area contributed by atoms with Crippen molar-refractivity contribution in [3.05, 3.63) is 18.7 Å². The fourth-order valence-corrected chi connectivity index (χ4v) is 3.65. The van der Waals surface area contributed by atoms with Crippen molar-refractivity contribution in [2.75, 3.05) is 39.4 Å². The molecule has 0 spiro atoms. The highest BCUT2D eigenvalue weighted by Crippen LogP contribution is 2.27. The van der Waals surface area contributed by atoms with E-state index in [4.69, 9.17) is 4.74 Å². The van der Waals surface area contributed by atoms with Gasteiger partial charge in [-0.25, -0.2) is 4.98 Å². The average molecular weight is 306 g/mol. The maximum atomic E-state index is 12.8. The Morgan fingerprint density at radius 1 is 1.36 bits per heavy atom. The van der Waals surface area contributed by atoms with Crippen molar-refractivity contribution in [3.63, 3.8) is 0 Å². The highest BCUT2D eigenvalue weighted by atomic mass is 16.5. The van der Waals surface area contributed by atoms with Crippen LogP contribution < -0.4 is 0 Å². The van der Waals surface area contributed by atoms with Crippen LogP contribution in [0.25, 0.3) is 0 Å². The van der Waals surface area contributed by atoms with Crippen LogP contribution in [0, 0.1) is 5.92 Å². The largest absolute Gasteiger partial charge is 0.379 e. The summed E-state index contributed by atoms with van der Waals surface area (Å²) in [7, 11) is 0. The summed E-state index contributed by atoms with van der Waals surface area (Å²) in [6.07, 6.45) is 6.41. The summed E-state index contributed by atoms with van der Waals surface area (Å²) >= 11 is 0. The molecule has 3 rings (SSSR count). The topological polar surface area (TPSA) is 50.6 Å². The molecule has 6 heteroatoms. The first-order valence-electron chi connectivity index (χ1n) is 8.28. The quantitative estimate of drug-likeness (QED) is 0.833. The normalized spacial score (nSPS) is 28.0. The Hall–Kier alpha value is -1.40. The van der Waals surface area contributed by atoms with E-state index < -0.39 is 0 Å². The third-order valence-corrected chi connectivity index (χ3v) is 5.09. The lowest BCUT2D eigenvalue weighted by molar-refractivity contribution is -0.133. The monoisotopic (exact) mass is 306 g/mol. The van der Waals surface area contributed by atoms with Crippen LogP contribution in [0.2, 0.25) is 0 Å².